The van der Waals surface area contributed by atoms with Crippen molar-refractivity contribution >= 4 is 23.4 Å². The van der Waals surface area contributed by atoms with Crippen molar-refractivity contribution in [2.45, 2.75) is 24.6 Å². The highest BCUT2D eigenvalue weighted by Gasteiger charge is 2.34. The van der Waals surface area contributed by atoms with Crippen LogP contribution in [0.3, 0.4) is 0 Å². The van der Waals surface area contributed by atoms with E-state index in [1.807, 2.05) is 48.5 Å². The van der Waals surface area contributed by atoms with Gasteiger partial charge < -0.3 is 15.2 Å². The summed E-state index contributed by atoms with van der Waals surface area (Å²) in [5.74, 6) is -1.45. The Hall–Kier alpha value is -4.11. The van der Waals surface area contributed by atoms with E-state index in [0.29, 0.717) is 9.75 Å². The molecule has 1 heterocycles. The zero-order chi connectivity index (χ0) is 26.9. The van der Waals surface area contributed by atoms with Crippen LogP contribution in [0, 0.1) is 0 Å². The molecule has 1 unspecified atom stereocenters. The Labute approximate surface area is 220 Å². The molecule has 0 spiro atoms. The molecule has 1 aliphatic carbocycles. The van der Waals surface area contributed by atoms with Crippen LogP contribution < -0.4 is 5.32 Å². The SMILES string of the molecule is O=C(NC(Cc1ccc(-c2ccccc2C(F)(F)F)s1)C(=O)O)OCC1c2ccccc2-c2ccccc21. The molecule has 0 aliphatic heterocycles. The molecule has 0 saturated carbocycles. The van der Waals surface area contributed by atoms with Gasteiger partial charge in [-0.15, -0.1) is 11.3 Å². The number of hydrogen-bond acceptors (Lipinski definition) is 4. The van der Waals surface area contributed by atoms with Gasteiger partial charge in [0.25, 0.3) is 0 Å². The zero-order valence-corrected chi connectivity index (χ0v) is 20.7. The Morgan fingerprint density at radius 3 is 2.05 bits per heavy atom. The number of fused-ring (bicyclic) bond motifs is 3. The largest absolute Gasteiger partial charge is 0.480 e. The van der Waals surface area contributed by atoms with Crippen LogP contribution in [-0.4, -0.2) is 29.8 Å². The molecule has 5 rings (SSSR count). The van der Waals surface area contributed by atoms with Crippen molar-refractivity contribution in [2.24, 2.45) is 0 Å². The van der Waals surface area contributed by atoms with Crippen LogP contribution in [0.15, 0.2) is 84.9 Å². The Bertz CT molecular complexity index is 1450. The number of rotatable bonds is 7. The van der Waals surface area contributed by atoms with Gasteiger partial charge in [-0.2, -0.15) is 13.2 Å². The number of halogens is 3. The summed E-state index contributed by atoms with van der Waals surface area (Å²) in [5, 5.41) is 12.1. The van der Waals surface area contributed by atoms with Gasteiger partial charge in [0, 0.05) is 27.7 Å². The van der Waals surface area contributed by atoms with Gasteiger partial charge in [-0.05, 0) is 40.5 Å². The van der Waals surface area contributed by atoms with Crippen molar-refractivity contribution in [3.8, 4) is 21.6 Å². The first-order valence-corrected chi connectivity index (χ1v) is 12.6. The molecule has 0 fully saturated rings. The fourth-order valence-corrected chi connectivity index (χ4v) is 5.85. The maximum Gasteiger partial charge on any atom is 0.417 e. The van der Waals surface area contributed by atoms with Crippen molar-refractivity contribution in [2.75, 3.05) is 6.61 Å². The molecule has 0 saturated heterocycles. The van der Waals surface area contributed by atoms with Crippen molar-refractivity contribution in [1.82, 2.24) is 5.32 Å². The molecular weight excluding hydrogens is 515 g/mol. The van der Waals surface area contributed by atoms with Gasteiger partial charge in [-0.1, -0.05) is 66.7 Å². The highest BCUT2D eigenvalue weighted by atomic mass is 32.1. The van der Waals surface area contributed by atoms with Crippen LogP contribution in [0.25, 0.3) is 21.6 Å². The van der Waals surface area contributed by atoms with Gasteiger partial charge in [0.05, 0.1) is 5.56 Å². The molecule has 4 aromatic rings. The van der Waals surface area contributed by atoms with Crippen LogP contribution in [0.2, 0.25) is 0 Å². The summed E-state index contributed by atoms with van der Waals surface area (Å²) in [5.41, 5.74) is 3.46. The third-order valence-corrected chi connectivity index (χ3v) is 7.64. The quantitative estimate of drug-likeness (QED) is 0.267. The molecule has 194 valence electrons. The normalized spacial score (nSPS) is 13.4. The number of carbonyl (C=O) groups is 2. The molecule has 1 aliphatic rings. The summed E-state index contributed by atoms with van der Waals surface area (Å²) >= 11 is 1.05. The number of carbonyl (C=O) groups excluding carboxylic acids is 1. The average molecular weight is 538 g/mol. The lowest BCUT2D eigenvalue weighted by Crippen LogP contribution is -2.42. The van der Waals surface area contributed by atoms with E-state index in [9.17, 15) is 27.9 Å². The average Bonchev–Trinajstić information content (AvgIpc) is 3.49. The standard InChI is InChI=1S/C29H22F3NO4S/c30-29(31,32)24-12-6-5-11-22(24)26-14-13-17(38-26)15-25(27(34)35)33-28(36)37-16-23-20-9-3-1-7-18(20)19-8-2-4-10-21(19)23/h1-14,23,25H,15-16H2,(H,33,36)(H,34,35). The highest BCUT2D eigenvalue weighted by Crippen LogP contribution is 2.44. The number of aliphatic carboxylic acids is 1. The van der Waals surface area contributed by atoms with Gasteiger partial charge >= 0.3 is 18.2 Å². The number of thiophene rings is 1. The summed E-state index contributed by atoms with van der Waals surface area (Å²) in [6.45, 7) is 0.0313. The first kappa shape index (κ1) is 25.5. The maximum atomic E-state index is 13.4. The molecule has 1 aromatic heterocycles. The van der Waals surface area contributed by atoms with Gasteiger partial charge in [-0.25, -0.2) is 9.59 Å². The summed E-state index contributed by atoms with van der Waals surface area (Å²) in [6, 6.07) is 22.7. The molecule has 0 radical (unpaired) electrons. The van der Waals surface area contributed by atoms with Crippen LogP contribution in [0.4, 0.5) is 18.0 Å². The summed E-state index contributed by atoms with van der Waals surface area (Å²) in [4.78, 5) is 25.3. The number of nitrogens with one attached hydrogen (secondary N) is 1. The van der Waals surface area contributed by atoms with E-state index in [4.69, 9.17) is 4.74 Å². The van der Waals surface area contributed by atoms with E-state index in [1.54, 1.807) is 6.07 Å². The van der Waals surface area contributed by atoms with Crippen LogP contribution in [-0.2, 0) is 22.1 Å². The molecule has 0 bridgehead atoms. The topological polar surface area (TPSA) is 75.6 Å². The predicted molar refractivity (Wildman–Crippen MR) is 138 cm³/mol. The van der Waals surface area contributed by atoms with Crippen molar-refractivity contribution < 1.29 is 32.6 Å². The van der Waals surface area contributed by atoms with Gasteiger partial charge in [-0.3, -0.25) is 0 Å². The molecule has 3 aromatic carbocycles. The van der Waals surface area contributed by atoms with Crippen LogP contribution >= 0.6 is 11.3 Å². The first-order chi connectivity index (χ1) is 18.2. The fourth-order valence-electron chi connectivity index (χ4n) is 4.76. The lowest BCUT2D eigenvalue weighted by Gasteiger charge is -2.17. The minimum Gasteiger partial charge on any atom is -0.480 e. The number of hydrogen-bond donors (Lipinski definition) is 2. The third kappa shape index (κ3) is 5.15. The minimum atomic E-state index is -4.52. The van der Waals surface area contributed by atoms with Crippen molar-refractivity contribution in [3.63, 3.8) is 0 Å². The van der Waals surface area contributed by atoms with E-state index < -0.39 is 29.8 Å². The molecule has 1 amide bonds. The summed E-state index contributed by atoms with van der Waals surface area (Å²) in [7, 11) is 0. The second kappa shape index (κ2) is 10.3. The van der Waals surface area contributed by atoms with E-state index in [-0.39, 0.29) is 24.5 Å². The smallest absolute Gasteiger partial charge is 0.417 e. The Morgan fingerprint density at radius 1 is 0.868 bits per heavy atom. The third-order valence-electron chi connectivity index (χ3n) is 6.50. The summed E-state index contributed by atoms with van der Waals surface area (Å²) in [6.07, 6.45) is -5.49. The zero-order valence-electron chi connectivity index (χ0n) is 19.9. The predicted octanol–water partition coefficient (Wildman–Crippen LogP) is 6.97. The van der Waals surface area contributed by atoms with Crippen molar-refractivity contribution in [1.29, 1.82) is 0 Å². The summed E-state index contributed by atoms with van der Waals surface area (Å²) < 4.78 is 45.7. The van der Waals surface area contributed by atoms with Crippen LogP contribution in [0.1, 0.15) is 27.5 Å². The first-order valence-electron chi connectivity index (χ1n) is 11.8. The Kier molecular flexibility index (Phi) is 6.94. The second-order valence-corrected chi connectivity index (χ2v) is 10.0. The molecule has 5 nitrogen and oxygen atoms in total. The van der Waals surface area contributed by atoms with Crippen LogP contribution in [0.5, 0.6) is 0 Å². The van der Waals surface area contributed by atoms with Gasteiger partial charge in [0.2, 0.25) is 0 Å². The number of alkyl carbamates (subject to hydrolysis) is 1. The molecule has 9 heteroatoms. The lowest BCUT2D eigenvalue weighted by molar-refractivity contribution is -0.139. The Balaban J connectivity index is 1.26. The van der Waals surface area contributed by atoms with E-state index >= 15 is 0 Å². The number of carboxylic acid groups (broad SMARTS) is 1. The maximum absolute atomic E-state index is 13.4. The molecule has 38 heavy (non-hydrogen) atoms. The molecule has 2 N–H and O–H groups in total. The fraction of sp³-hybridized carbons (Fsp3) is 0.172. The number of carboxylic acids is 1. The molecular formula is C29H22F3NO4S. The monoisotopic (exact) mass is 537 g/mol. The second-order valence-electron chi connectivity index (χ2n) is 8.87. The highest BCUT2D eigenvalue weighted by molar-refractivity contribution is 7.15. The number of benzene rings is 3. The van der Waals surface area contributed by atoms with E-state index in [1.165, 1.54) is 24.3 Å². The van der Waals surface area contributed by atoms with Gasteiger partial charge in [0.1, 0.15) is 12.6 Å². The van der Waals surface area contributed by atoms with E-state index in [0.717, 1.165) is 39.7 Å². The minimum absolute atomic E-state index is 0.0209. The van der Waals surface area contributed by atoms with E-state index in [2.05, 4.69) is 5.32 Å². The number of alkyl halides is 3. The number of ether oxygens (including phenoxy) is 1. The van der Waals surface area contributed by atoms with Crippen molar-refractivity contribution in [3.05, 3.63) is 106 Å². The lowest BCUT2D eigenvalue weighted by atomic mass is 9.98. The molecule has 1 atom stereocenters. The Morgan fingerprint density at radius 2 is 1.45 bits per heavy atom. The van der Waals surface area contributed by atoms with Gasteiger partial charge in [0.15, 0.2) is 0 Å². The number of amides is 1.